The van der Waals surface area contributed by atoms with Crippen molar-refractivity contribution in [1.82, 2.24) is 5.32 Å². The summed E-state index contributed by atoms with van der Waals surface area (Å²) in [7, 11) is 0. The van der Waals surface area contributed by atoms with E-state index < -0.39 is 0 Å². The molecule has 4 heteroatoms. The summed E-state index contributed by atoms with van der Waals surface area (Å²) in [5.74, 6) is 0.824. The molecule has 0 amide bonds. The van der Waals surface area contributed by atoms with E-state index in [0.717, 1.165) is 28.9 Å². The molecule has 88 valence electrons. The van der Waals surface area contributed by atoms with Crippen molar-refractivity contribution in [3.63, 3.8) is 0 Å². The average Bonchev–Trinajstić information content (AvgIpc) is 2.24. The van der Waals surface area contributed by atoms with Gasteiger partial charge in [0.15, 0.2) is 0 Å². The highest BCUT2D eigenvalue weighted by molar-refractivity contribution is 9.10. The summed E-state index contributed by atoms with van der Waals surface area (Å²) >= 11 is 9.15. The van der Waals surface area contributed by atoms with E-state index in [1.807, 2.05) is 18.2 Å². The number of nitrogens with one attached hydrogen (secondary N) is 1. The van der Waals surface area contributed by atoms with Crippen LogP contribution < -0.4 is 10.1 Å². The first-order valence-electron chi connectivity index (χ1n) is 5.09. The van der Waals surface area contributed by atoms with Gasteiger partial charge >= 0.3 is 0 Å². The second-order valence-electron chi connectivity index (χ2n) is 3.31. The molecule has 0 unspecified atom stereocenters. The molecule has 1 N–H and O–H groups in total. The molecule has 1 rings (SSSR count). The number of halogens is 2. The summed E-state index contributed by atoms with van der Waals surface area (Å²) in [6.07, 6.45) is 0. The minimum Gasteiger partial charge on any atom is -0.486 e. The topological polar surface area (TPSA) is 21.3 Å². The van der Waals surface area contributed by atoms with Crippen molar-refractivity contribution in [1.29, 1.82) is 0 Å². The second kappa shape index (κ2) is 6.94. The van der Waals surface area contributed by atoms with Gasteiger partial charge in [-0.3, -0.25) is 0 Å². The molecular formula is C12H15BrClNO. The molecule has 0 saturated carbocycles. The third kappa shape index (κ3) is 4.16. The van der Waals surface area contributed by atoms with Crippen LogP contribution in [0, 0.1) is 0 Å². The molecule has 0 fully saturated rings. The van der Waals surface area contributed by atoms with Crippen molar-refractivity contribution in [2.24, 2.45) is 0 Å². The molecule has 1 aromatic rings. The zero-order valence-corrected chi connectivity index (χ0v) is 11.6. The van der Waals surface area contributed by atoms with Gasteiger partial charge in [0.25, 0.3) is 0 Å². The van der Waals surface area contributed by atoms with Crippen molar-refractivity contribution >= 4 is 27.5 Å². The molecular weight excluding hydrogens is 289 g/mol. The maximum absolute atomic E-state index is 5.69. The van der Waals surface area contributed by atoms with Crippen LogP contribution in [0.5, 0.6) is 5.75 Å². The first kappa shape index (κ1) is 13.6. The molecule has 0 spiro atoms. The minimum absolute atomic E-state index is 0.323. The lowest BCUT2D eigenvalue weighted by Crippen LogP contribution is -2.13. The lowest BCUT2D eigenvalue weighted by molar-refractivity contribution is 0.352. The van der Waals surface area contributed by atoms with E-state index in [1.165, 1.54) is 0 Å². The van der Waals surface area contributed by atoms with Crippen molar-refractivity contribution < 1.29 is 4.74 Å². The number of hydrogen-bond donors (Lipinski definition) is 1. The van der Waals surface area contributed by atoms with Crippen LogP contribution in [0.1, 0.15) is 12.5 Å². The van der Waals surface area contributed by atoms with Gasteiger partial charge in [0.1, 0.15) is 12.4 Å². The zero-order chi connectivity index (χ0) is 12.0. The Bertz CT molecular complexity index is 368. The highest BCUT2D eigenvalue weighted by Crippen LogP contribution is 2.29. The molecule has 0 aliphatic carbocycles. The zero-order valence-electron chi connectivity index (χ0n) is 9.22. The van der Waals surface area contributed by atoms with Gasteiger partial charge in [-0.1, -0.05) is 37.2 Å². The lowest BCUT2D eigenvalue weighted by Gasteiger charge is -2.13. The summed E-state index contributed by atoms with van der Waals surface area (Å²) in [6, 6.07) is 5.96. The quantitative estimate of drug-likeness (QED) is 0.865. The fourth-order valence-electron chi connectivity index (χ4n) is 1.26. The molecule has 0 aromatic heterocycles. The molecule has 2 nitrogen and oxygen atoms in total. The fraction of sp³-hybridized carbons (Fsp3) is 0.333. The Morgan fingerprint density at radius 3 is 2.94 bits per heavy atom. The standard InChI is InChI=1S/C12H15BrClNO/c1-3-15-7-10-5-4-6-11(13)12(10)16-8-9(2)14/h4-6,15H,2-3,7-8H2,1H3. The maximum Gasteiger partial charge on any atom is 0.138 e. The molecule has 0 bridgehead atoms. The van der Waals surface area contributed by atoms with Crippen LogP contribution >= 0.6 is 27.5 Å². The van der Waals surface area contributed by atoms with E-state index in [4.69, 9.17) is 16.3 Å². The highest BCUT2D eigenvalue weighted by atomic mass is 79.9. The Morgan fingerprint density at radius 1 is 1.56 bits per heavy atom. The average molecular weight is 305 g/mol. The molecule has 0 radical (unpaired) electrons. The molecule has 0 aliphatic heterocycles. The number of hydrogen-bond acceptors (Lipinski definition) is 2. The van der Waals surface area contributed by atoms with Crippen molar-refractivity contribution in [3.05, 3.63) is 39.8 Å². The maximum atomic E-state index is 5.69. The van der Waals surface area contributed by atoms with Crippen LogP contribution in [-0.4, -0.2) is 13.2 Å². The summed E-state index contributed by atoms with van der Waals surface area (Å²) in [6.45, 7) is 7.70. The van der Waals surface area contributed by atoms with Crippen molar-refractivity contribution in [3.8, 4) is 5.75 Å². The van der Waals surface area contributed by atoms with Gasteiger partial charge in [-0.2, -0.15) is 0 Å². The van der Waals surface area contributed by atoms with Gasteiger partial charge in [0, 0.05) is 17.1 Å². The number of ether oxygens (including phenoxy) is 1. The van der Waals surface area contributed by atoms with E-state index >= 15 is 0 Å². The van der Waals surface area contributed by atoms with E-state index in [0.29, 0.717) is 11.6 Å². The van der Waals surface area contributed by atoms with Gasteiger partial charge in [-0.05, 0) is 28.5 Å². The van der Waals surface area contributed by atoms with Gasteiger partial charge < -0.3 is 10.1 Å². The van der Waals surface area contributed by atoms with Crippen LogP contribution in [0.2, 0.25) is 0 Å². The van der Waals surface area contributed by atoms with Gasteiger partial charge in [-0.15, -0.1) is 0 Å². The molecule has 16 heavy (non-hydrogen) atoms. The predicted molar refractivity (Wildman–Crippen MR) is 72.0 cm³/mol. The first-order chi connectivity index (χ1) is 7.65. The van der Waals surface area contributed by atoms with Crippen LogP contribution in [0.3, 0.4) is 0 Å². The Balaban J connectivity index is 2.80. The Morgan fingerprint density at radius 2 is 2.31 bits per heavy atom. The summed E-state index contributed by atoms with van der Waals surface area (Å²) in [5, 5.41) is 3.75. The van der Waals surface area contributed by atoms with E-state index in [-0.39, 0.29) is 0 Å². The summed E-state index contributed by atoms with van der Waals surface area (Å²) < 4.78 is 6.54. The highest BCUT2D eigenvalue weighted by Gasteiger charge is 2.07. The molecule has 0 heterocycles. The molecule has 0 aliphatic rings. The largest absolute Gasteiger partial charge is 0.486 e. The third-order valence-electron chi connectivity index (χ3n) is 1.99. The lowest BCUT2D eigenvalue weighted by atomic mass is 10.2. The Hall–Kier alpha value is -0.510. The fourth-order valence-corrected chi connectivity index (χ4v) is 1.84. The minimum atomic E-state index is 0.323. The molecule has 1 aromatic carbocycles. The third-order valence-corrected chi connectivity index (χ3v) is 2.72. The summed E-state index contributed by atoms with van der Waals surface area (Å²) in [4.78, 5) is 0. The normalized spacial score (nSPS) is 10.2. The number of benzene rings is 1. The second-order valence-corrected chi connectivity index (χ2v) is 4.70. The van der Waals surface area contributed by atoms with Gasteiger partial charge in [-0.25, -0.2) is 0 Å². The van der Waals surface area contributed by atoms with Crippen molar-refractivity contribution in [2.45, 2.75) is 13.5 Å². The van der Waals surface area contributed by atoms with E-state index in [1.54, 1.807) is 0 Å². The van der Waals surface area contributed by atoms with Gasteiger partial charge in [0.05, 0.1) is 4.47 Å². The smallest absolute Gasteiger partial charge is 0.138 e. The van der Waals surface area contributed by atoms with Crippen LogP contribution in [-0.2, 0) is 6.54 Å². The monoisotopic (exact) mass is 303 g/mol. The number of rotatable bonds is 6. The van der Waals surface area contributed by atoms with Crippen molar-refractivity contribution in [2.75, 3.05) is 13.2 Å². The number of para-hydroxylation sites is 1. The first-order valence-corrected chi connectivity index (χ1v) is 6.26. The van der Waals surface area contributed by atoms with Gasteiger partial charge in [0.2, 0.25) is 0 Å². The Labute approximate surface area is 110 Å². The van der Waals surface area contributed by atoms with Crippen LogP contribution in [0.25, 0.3) is 0 Å². The summed E-state index contributed by atoms with van der Waals surface area (Å²) in [5.41, 5.74) is 1.11. The van der Waals surface area contributed by atoms with E-state index in [2.05, 4.69) is 34.7 Å². The molecule has 0 saturated heterocycles. The van der Waals surface area contributed by atoms with Crippen LogP contribution in [0.4, 0.5) is 0 Å². The molecule has 0 atom stereocenters. The van der Waals surface area contributed by atoms with Crippen LogP contribution in [0.15, 0.2) is 34.3 Å². The Kier molecular flexibility index (Phi) is 5.88. The predicted octanol–water partition coefficient (Wildman–Crippen LogP) is 3.69. The van der Waals surface area contributed by atoms with E-state index in [9.17, 15) is 0 Å². The SMILES string of the molecule is C=C(Cl)COc1c(Br)cccc1CNCC.